The second kappa shape index (κ2) is 5.07. The van der Waals surface area contributed by atoms with Crippen LogP contribution in [0.3, 0.4) is 0 Å². The van der Waals surface area contributed by atoms with E-state index in [1.54, 1.807) is 13.1 Å². The van der Waals surface area contributed by atoms with Gasteiger partial charge in [0.15, 0.2) is 4.67 Å². The number of hydrogen-bond donors (Lipinski definition) is 1. The van der Waals surface area contributed by atoms with Crippen LogP contribution >= 0.6 is 27.3 Å². The van der Waals surface area contributed by atoms with Gasteiger partial charge < -0.3 is 9.73 Å². The zero-order valence-electron chi connectivity index (χ0n) is 9.22. The quantitative estimate of drug-likeness (QED) is 0.894. The molecule has 0 aliphatic carbocycles. The minimum atomic E-state index is -4.35. The van der Waals surface area contributed by atoms with Gasteiger partial charge in [-0.25, -0.2) is 0 Å². The normalized spacial score (nSPS) is 13.8. The Morgan fingerprint density at radius 2 is 2.06 bits per heavy atom. The molecule has 18 heavy (non-hydrogen) atoms. The Bertz CT molecular complexity index is 534. The van der Waals surface area contributed by atoms with Gasteiger partial charge in [-0.2, -0.15) is 24.5 Å². The highest BCUT2D eigenvalue weighted by atomic mass is 79.9. The van der Waals surface area contributed by atoms with Crippen molar-refractivity contribution in [3.05, 3.63) is 44.4 Å². The topological polar surface area (TPSA) is 25.2 Å². The van der Waals surface area contributed by atoms with E-state index in [2.05, 4.69) is 21.2 Å². The van der Waals surface area contributed by atoms with Gasteiger partial charge in [0, 0.05) is 10.9 Å². The predicted molar refractivity (Wildman–Crippen MR) is 66.6 cm³/mol. The molecule has 2 rings (SSSR count). The van der Waals surface area contributed by atoms with E-state index in [4.69, 9.17) is 4.42 Å². The van der Waals surface area contributed by atoms with Crippen LogP contribution in [0.5, 0.6) is 0 Å². The number of hydrogen-bond acceptors (Lipinski definition) is 3. The molecule has 0 spiro atoms. The van der Waals surface area contributed by atoms with Crippen molar-refractivity contribution in [3.63, 3.8) is 0 Å². The molecule has 2 aromatic heterocycles. The molecule has 2 nitrogen and oxygen atoms in total. The average Bonchev–Trinajstić information content (AvgIpc) is 2.89. The van der Waals surface area contributed by atoms with Crippen LogP contribution in [0.15, 0.2) is 32.2 Å². The fraction of sp³-hybridized carbons (Fsp3) is 0.273. The van der Waals surface area contributed by atoms with E-state index in [0.717, 1.165) is 16.7 Å². The summed E-state index contributed by atoms with van der Waals surface area (Å²) in [5.74, 6) is 0. The third kappa shape index (κ3) is 2.48. The third-order valence-corrected chi connectivity index (χ3v) is 3.96. The fourth-order valence-electron chi connectivity index (χ4n) is 1.75. The highest BCUT2D eigenvalue weighted by Crippen LogP contribution is 2.40. The predicted octanol–water partition coefficient (Wildman–Crippen LogP) is 4.43. The summed E-state index contributed by atoms with van der Waals surface area (Å²) in [6.45, 7) is 0. The molecular formula is C11H9BrF3NOS. The maximum Gasteiger partial charge on any atom is 0.417 e. The molecule has 0 bridgehead atoms. The van der Waals surface area contributed by atoms with Gasteiger partial charge in [0.1, 0.15) is 0 Å². The Hall–Kier alpha value is -0.790. The summed E-state index contributed by atoms with van der Waals surface area (Å²) in [4.78, 5) is 0. The van der Waals surface area contributed by atoms with E-state index >= 15 is 0 Å². The minimum absolute atomic E-state index is 0.206. The Morgan fingerprint density at radius 1 is 1.33 bits per heavy atom. The summed E-state index contributed by atoms with van der Waals surface area (Å²) in [5, 5.41) is 5.50. The van der Waals surface area contributed by atoms with Gasteiger partial charge in [-0.1, -0.05) is 0 Å². The zero-order chi connectivity index (χ0) is 13.3. The van der Waals surface area contributed by atoms with Crippen LogP contribution in [-0.2, 0) is 6.18 Å². The number of alkyl halides is 3. The SMILES string of the molecule is CNC(c1cscc1C(F)(F)F)c1ccoc1Br. The molecule has 0 aliphatic heterocycles. The van der Waals surface area contributed by atoms with E-state index in [1.807, 2.05) is 0 Å². The van der Waals surface area contributed by atoms with Crippen molar-refractivity contribution in [2.75, 3.05) is 7.05 Å². The molecule has 0 amide bonds. The van der Waals surface area contributed by atoms with Crippen molar-refractivity contribution >= 4 is 27.3 Å². The Kier molecular flexibility index (Phi) is 3.84. The summed E-state index contributed by atoms with van der Waals surface area (Å²) >= 11 is 4.22. The second-order valence-corrected chi connectivity index (χ2v) is 5.07. The van der Waals surface area contributed by atoms with Gasteiger partial charge in [-0.05, 0) is 40.0 Å². The van der Waals surface area contributed by atoms with Crippen LogP contribution in [0.4, 0.5) is 13.2 Å². The standard InChI is InChI=1S/C11H9BrF3NOS/c1-16-9(6-2-3-17-10(6)12)7-4-18-5-8(7)11(13,14)15/h2-5,9,16H,1H3. The third-order valence-electron chi connectivity index (χ3n) is 2.55. The highest BCUT2D eigenvalue weighted by molar-refractivity contribution is 9.10. The van der Waals surface area contributed by atoms with Gasteiger partial charge in [-0.15, -0.1) is 0 Å². The monoisotopic (exact) mass is 339 g/mol. The number of halogens is 4. The lowest BCUT2D eigenvalue weighted by atomic mass is 10.0. The van der Waals surface area contributed by atoms with Gasteiger partial charge in [0.2, 0.25) is 0 Å². The van der Waals surface area contributed by atoms with Gasteiger partial charge >= 0.3 is 6.18 Å². The van der Waals surface area contributed by atoms with Crippen LogP contribution in [0.1, 0.15) is 22.7 Å². The molecule has 0 aliphatic rings. The van der Waals surface area contributed by atoms with Crippen LogP contribution < -0.4 is 5.32 Å². The van der Waals surface area contributed by atoms with Crippen LogP contribution in [-0.4, -0.2) is 7.05 Å². The first-order valence-corrected chi connectivity index (χ1v) is 6.72. The van der Waals surface area contributed by atoms with Crippen molar-refractivity contribution in [1.82, 2.24) is 5.32 Å². The average molecular weight is 340 g/mol. The lowest BCUT2D eigenvalue weighted by molar-refractivity contribution is -0.138. The molecule has 1 unspecified atom stereocenters. The Balaban J connectivity index is 2.47. The first kappa shape index (κ1) is 13.6. The van der Waals surface area contributed by atoms with Gasteiger partial charge in [0.25, 0.3) is 0 Å². The number of furan rings is 1. The molecule has 2 heterocycles. The van der Waals surface area contributed by atoms with Crippen molar-refractivity contribution < 1.29 is 17.6 Å². The van der Waals surface area contributed by atoms with Crippen molar-refractivity contribution in [2.24, 2.45) is 0 Å². The fourth-order valence-corrected chi connectivity index (χ4v) is 3.10. The first-order valence-electron chi connectivity index (χ1n) is 4.98. The Labute approximate surface area is 114 Å². The molecule has 0 radical (unpaired) electrons. The number of nitrogens with one attached hydrogen (secondary N) is 1. The summed E-state index contributed by atoms with van der Waals surface area (Å²) < 4.78 is 44.1. The first-order chi connectivity index (χ1) is 8.45. The van der Waals surface area contributed by atoms with E-state index in [-0.39, 0.29) is 5.56 Å². The molecule has 0 aromatic carbocycles. The van der Waals surface area contributed by atoms with Crippen LogP contribution in [0, 0.1) is 0 Å². The number of rotatable bonds is 3. The summed E-state index contributed by atoms with van der Waals surface area (Å²) in [5.41, 5.74) is 0.235. The molecule has 0 fully saturated rings. The maximum atomic E-state index is 12.9. The molecule has 2 aromatic rings. The van der Waals surface area contributed by atoms with Crippen molar-refractivity contribution in [2.45, 2.75) is 12.2 Å². The summed E-state index contributed by atoms with van der Waals surface area (Å²) in [6.07, 6.45) is -2.91. The molecular weight excluding hydrogens is 331 g/mol. The second-order valence-electron chi connectivity index (χ2n) is 3.61. The zero-order valence-corrected chi connectivity index (χ0v) is 11.6. The van der Waals surface area contributed by atoms with E-state index in [1.165, 1.54) is 11.6 Å². The summed E-state index contributed by atoms with van der Waals surface area (Å²) in [6, 6.07) is 1.09. The Morgan fingerprint density at radius 3 is 2.56 bits per heavy atom. The molecule has 98 valence electrons. The van der Waals surface area contributed by atoms with Crippen molar-refractivity contribution in [1.29, 1.82) is 0 Å². The van der Waals surface area contributed by atoms with Crippen LogP contribution in [0.25, 0.3) is 0 Å². The molecule has 1 N–H and O–H groups in total. The lowest BCUT2D eigenvalue weighted by Crippen LogP contribution is -2.20. The maximum absolute atomic E-state index is 12.9. The largest absolute Gasteiger partial charge is 0.457 e. The van der Waals surface area contributed by atoms with E-state index < -0.39 is 17.8 Å². The molecule has 0 saturated carbocycles. The number of thiophene rings is 1. The molecule has 0 saturated heterocycles. The van der Waals surface area contributed by atoms with Gasteiger partial charge in [-0.3, -0.25) is 0 Å². The minimum Gasteiger partial charge on any atom is -0.457 e. The summed E-state index contributed by atoms with van der Waals surface area (Å²) in [7, 11) is 1.61. The molecule has 1 atom stereocenters. The molecule has 7 heteroatoms. The van der Waals surface area contributed by atoms with Crippen molar-refractivity contribution in [3.8, 4) is 0 Å². The van der Waals surface area contributed by atoms with Gasteiger partial charge in [0.05, 0.1) is 17.9 Å². The lowest BCUT2D eigenvalue weighted by Gasteiger charge is -2.17. The van der Waals surface area contributed by atoms with Crippen LogP contribution in [0.2, 0.25) is 0 Å². The smallest absolute Gasteiger partial charge is 0.417 e. The highest BCUT2D eigenvalue weighted by Gasteiger charge is 2.36. The van der Waals surface area contributed by atoms with E-state index in [9.17, 15) is 13.2 Å². The van der Waals surface area contributed by atoms with E-state index in [0.29, 0.717) is 10.2 Å².